The van der Waals surface area contributed by atoms with E-state index in [4.69, 9.17) is 11.6 Å². The number of hydrogen-bond donors (Lipinski definition) is 2. The van der Waals surface area contributed by atoms with Crippen LogP contribution in [-0.4, -0.2) is 23.6 Å². The van der Waals surface area contributed by atoms with Gasteiger partial charge in [0.15, 0.2) is 0 Å². The molecule has 0 unspecified atom stereocenters. The molecule has 114 valence electrons. The Morgan fingerprint density at radius 3 is 2.35 bits per heavy atom. The van der Waals surface area contributed by atoms with E-state index in [9.17, 15) is 13.2 Å². The van der Waals surface area contributed by atoms with Crippen LogP contribution in [-0.2, 0) is 6.18 Å². The summed E-state index contributed by atoms with van der Waals surface area (Å²) in [6.45, 7) is 7.58. The van der Waals surface area contributed by atoms with Crippen molar-refractivity contribution in [3.63, 3.8) is 0 Å². The van der Waals surface area contributed by atoms with Gasteiger partial charge in [-0.25, -0.2) is 4.98 Å². The number of rotatable bonds is 5. The fourth-order valence-electron chi connectivity index (χ4n) is 1.48. The zero-order valence-corrected chi connectivity index (χ0v) is 12.5. The van der Waals surface area contributed by atoms with Crippen molar-refractivity contribution >= 4 is 17.4 Å². The standard InChI is InChI=1S/C13H19ClF3N3/c1-12(2,3)20-6-4-5-18-11-10(14)7-9(8-19-11)13(15,16)17/h7-8,20H,4-6H2,1-3H3,(H,18,19). The summed E-state index contributed by atoms with van der Waals surface area (Å²) in [5.41, 5.74) is -0.799. The first-order valence-electron chi connectivity index (χ1n) is 6.31. The second kappa shape index (κ2) is 6.63. The van der Waals surface area contributed by atoms with Gasteiger partial charge in [-0.05, 0) is 39.8 Å². The normalized spacial score (nSPS) is 12.6. The van der Waals surface area contributed by atoms with Crippen LogP contribution in [0, 0.1) is 0 Å². The molecule has 0 amide bonds. The van der Waals surface area contributed by atoms with E-state index in [0.29, 0.717) is 6.54 Å². The molecule has 0 saturated carbocycles. The highest BCUT2D eigenvalue weighted by Crippen LogP contribution is 2.32. The van der Waals surface area contributed by atoms with Crippen LogP contribution in [0.25, 0.3) is 0 Å². The minimum Gasteiger partial charge on any atom is -0.369 e. The van der Waals surface area contributed by atoms with E-state index in [1.165, 1.54) is 0 Å². The van der Waals surface area contributed by atoms with Crippen LogP contribution in [0.4, 0.5) is 19.0 Å². The lowest BCUT2D eigenvalue weighted by Crippen LogP contribution is -2.36. The third-order valence-electron chi connectivity index (χ3n) is 2.47. The summed E-state index contributed by atoms with van der Waals surface area (Å²) in [7, 11) is 0. The predicted molar refractivity (Wildman–Crippen MR) is 75.1 cm³/mol. The highest BCUT2D eigenvalue weighted by Gasteiger charge is 2.31. The van der Waals surface area contributed by atoms with E-state index in [1.807, 2.05) is 0 Å². The molecule has 1 heterocycles. The Morgan fingerprint density at radius 1 is 1.20 bits per heavy atom. The Kier molecular flexibility index (Phi) is 5.65. The Bertz CT molecular complexity index is 441. The number of anilines is 1. The maximum atomic E-state index is 12.4. The molecule has 0 spiro atoms. The highest BCUT2D eigenvalue weighted by molar-refractivity contribution is 6.32. The van der Waals surface area contributed by atoms with E-state index in [2.05, 4.69) is 36.4 Å². The van der Waals surface area contributed by atoms with Gasteiger partial charge in [0.25, 0.3) is 0 Å². The molecule has 0 bridgehead atoms. The summed E-state index contributed by atoms with van der Waals surface area (Å²) >= 11 is 5.78. The van der Waals surface area contributed by atoms with Gasteiger partial charge in [0.05, 0.1) is 10.6 Å². The Hall–Kier alpha value is -1.01. The van der Waals surface area contributed by atoms with Crippen LogP contribution in [0.1, 0.15) is 32.8 Å². The molecule has 0 aliphatic rings. The largest absolute Gasteiger partial charge is 0.417 e. The van der Waals surface area contributed by atoms with Crippen molar-refractivity contribution in [1.29, 1.82) is 0 Å². The van der Waals surface area contributed by atoms with Crippen molar-refractivity contribution in [1.82, 2.24) is 10.3 Å². The molecule has 1 rings (SSSR count). The fraction of sp³-hybridized carbons (Fsp3) is 0.615. The van der Waals surface area contributed by atoms with E-state index >= 15 is 0 Å². The van der Waals surface area contributed by atoms with Crippen molar-refractivity contribution in [2.75, 3.05) is 18.4 Å². The van der Waals surface area contributed by atoms with E-state index < -0.39 is 11.7 Å². The fourth-order valence-corrected chi connectivity index (χ4v) is 1.71. The number of nitrogens with one attached hydrogen (secondary N) is 2. The van der Waals surface area contributed by atoms with Crippen LogP contribution >= 0.6 is 11.6 Å². The number of alkyl halides is 3. The molecule has 0 fully saturated rings. The Morgan fingerprint density at radius 2 is 1.85 bits per heavy atom. The van der Waals surface area contributed by atoms with Crippen LogP contribution in [0.15, 0.2) is 12.3 Å². The number of aromatic nitrogens is 1. The zero-order valence-electron chi connectivity index (χ0n) is 11.7. The van der Waals surface area contributed by atoms with E-state index in [-0.39, 0.29) is 16.4 Å². The molecule has 20 heavy (non-hydrogen) atoms. The van der Waals surface area contributed by atoms with Crippen LogP contribution < -0.4 is 10.6 Å². The zero-order chi connectivity index (χ0) is 15.4. The van der Waals surface area contributed by atoms with Gasteiger partial charge >= 0.3 is 6.18 Å². The average molecular weight is 310 g/mol. The SMILES string of the molecule is CC(C)(C)NCCCNc1ncc(C(F)(F)F)cc1Cl. The molecule has 0 saturated heterocycles. The predicted octanol–water partition coefficient (Wildman–Crippen LogP) is 3.94. The third-order valence-corrected chi connectivity index (χ3v) is 2.76. The minimum absolute atomic E-state index is 0.0244. The first-order valence-corrected chi connectivity index (χ1v) is 6.69. The second-order valence-corrected chi connectivity index (χ2v) is 5.92. The van der Waals surface area contributed by atoms with Crippen LogP contribution in [0.2, 0.25) is 5.02 Å². The molecule has 1 aromatic rings. The lowest BCUT2D eigenvalue weighted by molar-refractivity contribution is -0.137. The molecule has 0 radical (unpaired) electrons. The summed E-state index contributed by atoms with van der Waals surface area (Å²) < 4.78 is 37.3. The average Bonchev–Trinajstić information content (AvgIpc) is 2.27. The monoisotopic (exact) mass is 309 g/mol. The number of hydrogen-bond acceptors (Lipinski definition) is 3. The van der Waals surface area contributed by atoms with Gasteiger partial charge in [-0.1, -0.05) is 11.6 Å². The van der Waals surface area contributed by atoms with Gasteiger partial charge in [0, 0.05) is 18.3 Å². The minimum atomic E-state index is -4.42. The molecule has 2 N–H and O–H groups in total. The summed E-state index contributed by atoms with van der Waals surface area (Å²) in [5, 5.41) is 6.21. The molecule has 0 aliphatic heterocycles. The van der Waals surface area contributed by atoms with E-state index in [1.54, 1.807) is 0 Å². The molecular weight excluding hydrogens is 291 g/mol. The molecule has 0 aromatic carbocycles. The quantitative estimate of drug-likeness (QED) is 0.809. The molecule has 0 aliphatic carbocycles. The maximum absolute atomic E-state index is 12.4. The van der Waals surface area contributed by atoms with Gasteiger partial charge in [-0.15, -0.1) is 0 Å². The summed E-state index contributed by atoms with van der Waals surface area (Å²) in [5.74, 6) is 0.274. The smallest absolute Gasteiger partial charge is 0.369 e. The maximum Gasteiger partial charge on any atom is 0.417 e. The first kappa shape index (κ1) is 17.0. The van der Waals surface area contributed by atoms with Gasteiger partial charge in [-0.2, -0.15) is 13.2 Å². The third kappa shape index (κ3) is 5.96. The highest BCUT2D eigenvalue weighted by atomic mass is 35.5. The van der Waals surface area contributed by atoms with Gasteiger partial charge in [-0.3, -0.25) is 0 Å². The van der Waals surface area contributed by atoms with Crippen molar-refractivity contribution < 1.29 is 13.2 Å². The van der Waals surface area contributed by atoms with Crippen LogP contribution in [0.3, 0.4) is 0 Å². The Balaban J connectivity index is 2.46. The number of pyridine rings is 1. The lowest BCUT2D eigenvalue weighted by Gasteiger charge is -2.20. The summed E-state index contributed by atoms with van der Waals surface area (Å²) in [6.07, 6.45) is -2.83. The van der Waals surface area contributed by atoms with Crippen molar-refractivity contribution in [2.24, 2.45) is 0 Å². The first-order chi connectivity index (χ1) is 9.09. The summed E-state index contributed by atoms with van der Waals surface area (Å²) in [4.78, 5) is 3.71. The topological polar surface area (TPSA) is 37.0 Å². The second-order valence-electron chi connectivity index (χ2n) is 5.51. The van der Waals surface area contributed by atoms with Gasteiger partial charge < -0.3 is 10.6 Å². The molecule has 0 atom stereocenters. The van der Waals surface area contributed by atoms with Crippen molar-refractivity contribution in [3.8, 4) is 0 Å². The molecule has 1 aromatic heterocycles. The number of nitrogens with zero attached hydrogens (tertiary/aromatic N) is 1. The van der Waals surface area contributed by atoms with Crippen LogP contribution in [0.5, 0.6) is 0 Å². The number of halogens is 4. The molecule has 7 heteroatoms. The van der Waals surface area contributed by atoms with Gasteiger partial charge in [0.1, 0.15) is 5.82 Å². The molecule has 3 nitrogen and oxygen atoms in total. The van der Waals surface area contributed by atoms with Crippen molar-refractivity contribution in [2.45, 2.75) is 38.9 Å². The van der Waals surface area contributed by atoms with Crippen molar-refractivity contribution in [3.05, 3.63) is 22.8 Å². The Labute approximate surface area is 121 Å². The lowest BCUT2D eigenvalue weighted by atomic mass is 10.1. The molecular formula is C13H19ClF3N3. The summed E-state index contributed by atoms with van der Waals surface area (Å²) in [6, 6.07) is 0.879. The van der Waals surface area contributed by atoms with E-state index in [0.717, 1.165) is 25.2 Å². The van der Waals surface area contributed by atoms with Gasteiger partial charge in [0.2, 0.25) is 0 Å².